The van der Waals surface area contributed by atoms with Crippen molar-refractivity contribution in [1.29, 1.82) is 0 Å². The van der Waals surface area contributed by atoms with Crippen LogP contribution in [0.1, 0.15) is 15.9 Å². The number of carbonyl (C=O) groups excluding carboxylic acids is 1. The van der Waals surface area contributed by atoms with E-state index in [-0.39, 0.29) is 5.78 Å². The zero-order chi connectivity index (χ0) is 10.7. The highest BCUT2D eigenvalue weighted by molar-refractivity contribution is 6.11. The molecule has 0 heterocycles. The SMILES string of the molecule is Nc1c[c]ccc1C(=O)c1ccccc1. The summed E-state index contributed by atoms with van der Waals surface area (Å²) in [6.07, 6.45) is 0. The van der Waals surface area contributed by atoms with Crippen molar-refractivity contribution in [1.82, 2.24) is 0 Å². The van der Waals surface area contributed by atoms with Gasteiger partial charge in [-0.05, 0) is 18.2 Å². The molecule has 15 heavy (non-hydrogen) atoms. The summed E-state index contributed by atoms with van der Waals surface area (Å²) in [6, 6.07) is 16.9. The second-order valence-corrected chi connectivity index (χ2v) is 3.21. The van der Waals surface area contributed by atoms with Crippen LogP contribution in [0.15, 0.2) is 48.5 Å². The van der Waals surface area contributed by atoms with Gasteiger partial charge in [-0.25, -0.2) is 0 Å². The molecule has 73 valence electrons. The van der Waals surface area contributed by atoms with Crippen LogP contribution in [0, 0.1) is 6.07 Å². The van der Waals surface area contributed by atoms with Gasteiger partial charge in [-0.15, -0.1) is 0 Å². The molecule has 2 rings (SSSR count). The molecule has 0 saturated heterocycles. The molecule has 2 aromatic rings. The molecule has 1 radical (unpaired) electrons. The highest BCUT2D eigenvalue weighted by Gasteiger charge is 2.10. The van der Waals surface area contributed by atoms with E-state index in [0.717, 1.165) is 0 Å². The summed E-state index contributed by atoms with van der Waals surface area (Å²) in [5, 5.41) is 0. The molecular weight excluding hydrogens is 186 g/mol. The number of anilines is 1. The van der Waals surface area contributed by atoms with Gasteiger partial charge in [0.15, 0.2) is 5.78 Å². The van der Waals surface area contributed by atoms with Crippen molar-refractivity contribution in [3.8, 4) is 0 Å². The van der Waals surface area contributed by atoms with Crippen LogP contribution in [0.3, 0.4) is 0 Å². The first-order valence-electron chi connectivity index (χ1n) is 4.64. The van der Waals surface area contributed by atoms with Gasteiger partial charge in [-0.2, -0.15) is 0 Å². The predicted octanol–water partition coefficient (Wildman–Crippen LogP) is 2.30. The predicted molar refractivity (Wildman–Crippen MR) is 59.6 cm³/mol. The van der Waals surface area contributed by atoms with Crippen LogP contribution in [0.4, 0.5) is 5.69 Å². The van der Waals surface area contributed by atoms with Gasteiger partial charge >= 0.3 is 0 Å². The summed E-state index contributed by atoms with van der Waals surface area (Å²) in [5.41, 5.74) is 7.35. The minimum Gasteiger partial charge on any atom is -0.398 e. The Morgan fingerprint density at radius 1 is 1.13 bits per heavy atom. The van der Waals surface area contributed by atoms with Gasteiger partial charge in [0.1, 0.15) is 0 Å². The lowest BCUT2D eigenvalue weighted by molar-refractivity contribution is 0.103. The summed E-state index contributed by atoms with van der Waals surface area (Å²) in [4.78, 5) is 12.0. The van der Waals surface area contributed by atoms with E-state index in [1.807, 2.05) is 18.2 Å². The van der Waals surface area contributed by atoms with Crippen LogP contribution < -0.4 is 5.73 Å². The van der Waals surface area contributed by atoms with Gasteiger partial charge < -0.3 is 5.73 Å². The molecule has 0 aromatic heterocycles. The third-order valence-electron chi connectivity index (χ3n) is 2.18. The van der Waals surface area contributed by atoms with Gasteiger partial charge in [0.05, 0.1) is 0 Å². The average molecular weight is 196 g/mol. The Kier molecular flexibility index (Phi) is 2.50. The largest absolute Gasteiger partial charge is 0.398 e. The topological polar surface area (TPSA) is 43.1 Å². The van der Waals surface area contributed by atoms with Crippen LogP contribution in [-0.2, 0) is 0 Å². The van der Waals surface area contributed by atoms with Gasteiger partial charge in [-0.1, -0.05) is 36.4 Å². The van der Waals surface area contributed by atoms with Gasteiger partial charge in [-0.3, -0.25) is 4.79 Å². The fourth-order valence-corrected chi connectivity index (χ4v) is 1.40. The summed E-state index contributed by atoms with van der Waals surface area (Å²) in [7, 11) is 0. The van der Waals surface area contributed by atoms with E-state index in [2.05, 4.69) is 6.07 Å². The van der Waals surface area contributed by atoms with Crippen LogP contribution in [0.2, 0.25) is 0 Å². The van der Waals surface area contributed by atoms with E-state index in [1.54, 1.807) is 30.3 Å². The van der Waals surface area contributed by atoms with E-state index in [4.69, 9.17) is 5.73 Å². The molecule has 0 fully saturated rings. The van der Waals surface area contributed by atoms with Gasteiger partial charge in [0.25, 0.3) is 0 Å². The molecule has 2 N–H and O–H groups in total. The molecule has 2 aromatic carbocycles. The van der Waals surface area contributed by atoms with E-state index in [9.17, 15) is 4.79 Å². The Morgan fingerprint density at radius 3 is 2.53 bits per heavy atom. The minimum atomic E-state index is -0.0536. The van der Waals surface area contributed by atoms with Gasteiger partial charge in [0.2, 0.25) is 0 Å². The monoisotopic (exact) mass is 196 g/mol. The molecule has 2 nitrogen and oxygen atoms in total. The maximum absolute atomic E-state index is 12.0. The molecule has 0 saturated carbocycles. The fourth-order valence-electron chi connectivity index (χ4n) is 1.40. The van der Waals surface area contributed by atoms with Crippen LogP contribution >= 0.6 is 0 Å². The Labute approximate surface area is 88.4 Å². The standard InChI is InChI=1S/C13H10NO/c14-12-9-5-4-8-11(12)13(15)10-6-2-1-3-7-10/h1-4,6-9H,14H2. The first-order valence-corrected chi connectivity index (χ1v) is 4.64. The maximum atomic E-state index is 12.0. The Bertz CT molecular complexity index is 477. The van der Waals surface area contributed by atoms with Crippen LogP contribution in [-0.4, -0.2) is 5.78 Å². The number of benzene rings is 2. The molecule has 0 atom stereocenters. The number of rotatable bonds is 2. The Morgan fingerprint density at radius 2 is 1.87 bits per heavy atom. The highest BCUT2D eigenvalue weighted by Crippen LogP contribution is 2.15. The number of hydrogen-bond acceptors (Lipinski definition) is 2. The normalized spacial score (nSPS) is 9.87. The quantitative estimate of drug-likeness (QED) is 0.591. The minimum absolute atomic E-state index is 0.0536. The summed E-state index contributed by atoms with van der Waals surface area (Å²) < 4.78 is 0. The molecule has 0 spiro atoms. The Hall–Kier alpha value is -2.09. The third kappa shape index (κ3) is 1.89. The van der Waals surface area contributed by atoms with Crippen molar-refractivity contribution in [3.05, 3.63) is 65.7 Å². The van der Waals surface area contributed by atoms with E-state index in [1.165, 1.54) is 0 Å². The molecule has 0 aliphatic rings. The summed E-state index contributed by atoms with van der Waals surface area (Å²) in [5.74, 6) is -0.0536. The van der Waals surface area contributed by atoms with Crippen molar-refractivity contribution in [2.75, 3.05) is 5.73 Å². The lowest BCUT2D eigenvalue weighted by atomic mass is 10.0. The zero-order valence-electron chi connectivity index (χ0n) is 8.10. The van der Waals surface area contributed by atoms with Crippen molar-refractivity contribution in [3.63, 3.8) is 0 Å². The van der Waals surface area contributed by atoms with E-state index >= 15 is 0 Å². The maximum Gasteiger partial charge on any atom is 0.195 e. The number of ketones is 1. The third-order valence-corrected chi connectivity index (χ3v) is 2.18. The molecule has 0 aliphatic heterocycles. The lowest BCUT2D eigenvalue weighted by Gasteiger charge is -2.03. The molecule has 0 unspecified atom stereocenters. The summed E-state index contributed by atoms with van der Waals surface area (Å²) >= 11 is 0. The number of hydrogen-bond donors (Lipinski definition) is 1. The van der Waals surface area contributed by atoms with Crippen LogP contribution in [0.25, 0.3) is 0 Å². The molecule has 0 bridgehead atoms. The Balaban J connectivity index is 2.42. The average Bonchev–Trinajstić information content (AvgIpc) is 2.30. The van der Waals surface area contributed by atoms with Crippen molar-refractivity contribution in [2.24, 2.45) is 0 Å². The van der Waals surface area contributed by atoms with Crippen LogP contribution in [0.5, 0.6) is 0 Å². The zero-order valence-corrected chi connectivity index (χ0v) is 8.10. The van der Waals surface area contributed by atoms with Gasteiger partial charge in [0, 0.05) is 16.8 Å². The van der Waals surface area contributed by atoms with Crippen molar-refractivity contribution < 1.29 is 4.79 Å². The first kappa shape index (κ1) is 9.46. The number of nitrogens with two attached hydrogens (primary N) is 1. The smallest absolute Gasteiger partial charge is 0.195 e. The second-order valence-electron chi connectivity index (χ2n) is 3.21. The number of nitrogen functional groups attached to an aromatic ring is 1. The number of carbonyl (C=O) groups is 1. The molecule has 2 heteroatoms. The van der Waals surface area contributed by atoms with E-state index < -0.39 is 0 Å². The second kappa shape index (κ2) is 3.96. The fraction of sp³-hybridized carbons (Fsp3) is 0. The summed E-state index contributed by atoms with van der Waals surface area (Å²) in [6.45, 7) is 0. The lowest BCUT2D eigenvalue weighted by Crippen LogP contribution is -2.04. The highest BCUT2D eigenvalue weighted by atomic mass is 16.1. The van der Waals surface area contributed by atoms with Crippen molar-refractivity contribution >= 4 is 11.5 Å². The molecular formula is C13H10NO. The molecule has 0 aliphatic carbocycles. The van der Waals surface area contributed by atoms with Crippen molar-refractivity contribution in [2.45, 2.75) is 0 Å². The first-order chi connectivity index (χ1) is 7.29. The molecule has 0 amide bonds. The van der Waals surface area contributed by atoms with E-state index in [0.29, 0.717) is 16.8 Å².